The monoisotopic (exact) mass is 186 g/mol. The molecule has 0 spiro atoms. The fraction of sp³-hybridized carbons (Fsp3) is 0.167. The Balaban J connectivity index is 2.69. The molecule has 0 aliphatic rings. The average Bonchev–Trinajstić information content (AvgIpc) is 2.04. The van der Waals surface area contributed by atoms with Crippen molar-refractivity contribution in [1.82, 2.24) is 9.97 Å². The van der Waals surface area contributed by atoms with Crippen molar-refractivity contribution >= 4 is 23.3 Å². The number of amides is 1. The van der Waals surface area contributed by atoms with Gasteiger partial charge in [-0.05, 0) is 17.7 Å². The van der Waals surface area contributed by atoms with Gasteiger partial charge in [-0.15, -0.1) is 0 Å². The van der Waals surface area contributed by atoms with Crippen LogP contribution in [0.15, 0.2) is 12.3 Å². The van der Waals surface area contributed by atoms with Gasteiger partial charge in [0.15, 0.2) is 0 Å². The summed E-state index contributed by atoms with van der Waals surface area (Å²) in [5.41, 5.74) is 5.07. The van der Waals surface area contributed by atoms with E-state index < -0.39 is 0 Å². The number of halogens is 1. The van der Waals surface area contributed by atoms with Gasteiger partial charge < -0.3 is 11.1 Å². The molecule has 0 aromatic carbocycles. The molecule has 0 unspecified atom stereocenters. The van der Waals surface area contributed by atoms with Gasteiger partial charge in [0, 0.05) is 6.20 Å². The Bertz CT molecular complexity index is 291. The summed E-state index contributed by atoms with van der Waals surface area (Å²) in [6.45, 7) is -0.0817. The Morgan fingerprint density at radius 2 is 2.50 bits per heavy atom. The summed E-state index contributed by atoms with van der Waals surface area (Å²) < 4.78 is 0. The second kappa shape index (κ2) is 3.99. The molecule has 0 fully saturated rings. The SMILES string of the molecule is NCC(=O)Nc1ccnc(Cl)n1. The van der Waals surface area contributed by atoms with E-state index in [-0.39, 0.29) is 17.7 Å². The average molecular weight is 187 g/mol. The van der Waals surface area contributed by atoms with Crippen LogP contribution in [0, 0.1) is 0 Å². The maximum atomic E-state index is 10.8. The Morgan fingerprint density at radius 3 is 3.08 bits per heavy atom. The minimum atomic E-state index is -0.315. The van der Waals surface area contributed by atoms with Gasteiger partial charge in [-0.25, -0.2) is 9.97 Å². The maximum absolute atomic E-state index is 10.8. The molecule has 64 valence electrons. The second-order valence-electron chi connectivity index (χ2n) is 1.96. The summed E-state index contributed by atoms with van der Waals surface area (Å²) in [7, 11) is 0. The van der Waals surface area contributed by atoms with Crippen LogP contribution in [0.25, 0.3) is 0 Å². The van der Waals surface area contributed by atoms with Crippen molar-refractivity contribution in [2.75, 3.05) is 11.9 Å². The predicted molar refractivity (Wildman–Crippen MR) is 44.7 cm³/mol. The number of nitrogens with one attached hydrogen (secondary N) is 1. The molecule has 0 bridgehead atoms. The molecule has 0 radical (unpaired) electrons. The molecular weight excluding hydrogens is 180 g/mol. The summed E-state index contributed by atoms with van der Waals surface area (Å²) >= 11 is 5.47. The second-order valence-corrected chi connectivity index (χ2v) is 2.30. The zero-order chi connectivity index (χ0) is 8.97. The Labute approximate surface area is 74.0 Å². The van der Waals surface area contributed by atoms with Gasteiger partial charge in [0.25, 0.3) is 0 Å². The third-order valence-corrected chi connectivity index (χ3v) is 1.26. The lowest BCUT2D eigenvalue weighted by Gasteiger charge is -2.00. The number of hydrogen-bond acceptors (Lipinski definition) is 4. The quantitative estimate of drug-likeness (QED) is 0.639. The molecule has 1 amide bonds. The summed E-state index contributed by atoms with van der Waals surface area (Å²) in [6, 6.07) is 1.53. The Hall–Kier alpha value is -1.20. The van der Waals surface area contributed by atoms with Gasteiger partial charge in [-0.1, -0.05) is 0 Å². The number of nitrogens with two attached hydrogens (primary N) is 1. The molecule has 12 heavy (non-hydrogen) atoms. The van der Waals surface area contributed by atoms with Crippen molar-refractivity contribution in [1.29, 1.82) is 0 Å². The van der Waals surface area contributed by atoms with E-state index in [1.807, 2.05) is 0 Å². The van der Waals surface area contributed by atoms with Crippen molar-refractivity contribution in [3.05, 3.63) is 17.5 Å². The molecule has 1 rings (SSSR count). The van der Waals surface area contributed by atoms with E-state index in [2.05, 4.69) is 15.3 Å². The standard InChI is InChI=1S/C6H7ClN4O/c7-6-9-2-1-4(11-6)10-5(12)3-8/h1-2H,3,8H2,(H,9,10,11,12). The number of carbonyl (C=O) groups is 1. The topological polar surface area (TPSA) is 80.9 Å². The molecule has 0 saturated carbocycles. The smallest absolute Gasteiger partial charge is 0.239 e. The normalized spacial score (nSPS) is 9.50. The van der Waals surface area contributed by atoms with Crippen LogP contribution in [0.5, 0.6) is 0 Å². The van der Waals surface area contributed by atoms with Crippen LogP contribution in [-0.2, 0) is 4.79 Å². The molecule has 0 atom stereocenters. The number of nitrogens with zero attached hydrogens (tertiary/aromatic N) is 2. The highest BCUT2D eigenvalue weighted by Gasteiger charge is 2.00. The zero-order valence-corrected chi connectivity index (χ0v) is 6.88. The maximum Gasteiger partial charge on any atom is 0.239 e. The van der Waals surface area contributed by atoms with E-state index in [0.29, 0.717) is 5.82 Å². The Morgan fingerprint density at radius 1 is 1.75 bits per heavy atom. The van der Waals surface area contributed by atoms with Crippen molar-refractivity contribution in [2.45, 2.75) is 0 Å². The molecule has 1 aromatic heterocycles. The Kier molecular flexibility index (Phi) is 2.95. The fourth-order valence-electron chi connectivity index (χ4n) is 0.598. The van der Waals surface area contributed by atoms with Crippen molar-refractivity contribution in [2.24, 2.45) is 5.73 Å². The van der Waals surface area contributed by atoms with Crippen LogP contribution >= 0.6 is 11.6 Å². The first-order chi connectivity index (χ1) is 5.72. The highest BCUT2D eigenvalue weighted by atomic mass is 35.5. The van der Waals surface area contributed by atoms with E-state index in [1.54, 1.807) is 0 Å². The number of hydrogen-bond donors (Lipinski definition) is 2. The minimum absolute atomic E-state index is 0.0817. The third-order valence-electron chi connectivity index (χ3n) is 1.08. The van der Waals surface area contributed by atoms with Crippen LogP contribution in [0.1, 0.15) is 0 Å². The minimum Gasteiger partial charge on any atom is -0.322 e. The van der Waals surface area contributed by atoms with Crippen LogP contribution in [0.2, 0.25) is 5.28 Å². The van der Waals surface area contributed by atoms with Crippen molar-refractivity contribution in [3.63, 3.8) is 0 Å². The first-order valence-corrected chi connectivity index (χ1v) is 3.58. The van der Waals surface area contributed by atoms with Gasteiger partial charge in [0.05, 0.1) is 6.54 Å². The van der Waals surface area contributed by atoms with E-state index in [0.717, 1.165) is 0 Å². The van der Waals surface area contributed by atoms with Gasteiger partial charge in [0.2, 0.25) is 11.2 Å². The van der Waals surface area contributed by atoms with Crippen LogP contribution in [-0.4, -0.2) is 22.4 Å². The largest absolute Gasteiger partial charge is 0.322 e. The van der Waals surface area contributed by atoms with Crippen LogP contribution in [0.3, 0.4) is 0 Å². The fourth-order valence-corrected chi connectivity index (χ4v) is 0.746. The number of rotatable bonds is 2. The van der Waals surface area contributed by atoms with Gasteiger partial charge in [-0.2, -0.15) is 0 Å². The number of carbonyl (C=O) groups excluding carboxylic acids is 1. The molecule has 1 heterocycles. The molecule has 1 aromatic rings. The molecule has 6 heteroatoms. The molecule has 0 saturated heterocycles. The lowest BCUT2D eigenvalue weighted by Crippen LogP contribution is -2.22. The van der Waals surface area contributed by atoms with E-state index in [4.69, 9.17) is 17.3 Å². The third kappa shape index (κ3) is 2.44. The first-order valence-electron chi connectivity index (χ1n) is 3.21. The lowest BCUT2D eigenvalue weighted by atomic mass is 10.5. The van der Waals surface area contributed by atoms with E-state index >= 15 is 0 Å². The number of anilines is 1. The highest BCUT2D eigenvalue weighted by molar-refractivity contribution is 6.28. The predicted octanol–water partition coefficient (Wildman–Crippen LogP) is 0.0272. The van der Waals surface area contributed by atoms with Gasteiger partial charge in [0.1, 0.15) is 5.82 Å². The zero-order valence-electron chi connectivity index (χ0n) is 6.12. The summed E-state index contributed by atoms with van der Waals surface area (Å²) in [5, 5.41) is 2.52. The summed E-state index contributed by atoms with van der Waals surface area (Å²) in [4.78, 5) is 18.1. The highest BCUT2D eigenvalue weighted by Crippen LogP contribution is 2.04. The summed E-state index contributed by atoms with van der Waals surface area (Å²) in [6.07, 6.45) is 1.45. The molecular formula is C6H7ClN4O. The van der Waals surface area contributed by atoms with Crippen molar-refractivity contribution < 1.29 is 4.79 Å². The van der Waals surface area contributed by atoms with E-state index in [1.165, 1.54) is 12.3 Å². The van der Waals surface area contributed by atoms with Crippen LogP contribution < -0.4 is 11.1 Å². The van der Waals surface area contributed by atoms with Crippen molar-refractivity contribution in [3.8, 4) is 0 Å². The van der Waals surface area contributed by atoms with Gasteiger partial charge in [-0.3, -0.25) is 4.79 Å². The van der Waals surface area contributed by atoms with E-state index in [9.17, 15) is 4.79 Å². The van der Waals surface area contributed by atoms with Gasteiger partial charge >= 0.3 is 0 Å². The summed E-state index contributed by atoms with van der Waals surface area (Å²) in [5.74, 6) is 0.0372. The molecule has 0 aliphatic heterocycles. The molecule has 0 aliphatic carbocycles. The number of aromatic nitrogens is 2. The molecule has 3 N–H and O–H groups in total. The van der Waals surface area contributed by atoms with Crippen LogP contribution in [0.4, 0.5) is 5.82 Å². The first kappa shape index (κ1) is 8.89. The molecule has 5 nitrogen and oxygen atoms in total. The lowest BCUT2D eigenvalue weighted by molar-refractivity contribution is -0.114.